The Labute approximate surface area is 357 Å². The Morgan fingerprint density at radius 2 is 1.62 bits per heavy atom. The van der Waals surface area contributed by atoms with Crippen LogP contribution in [0.5, 0.6) is 5.75 Å². The van der Waals surface area contributed by atoms with Crippen LogP contribution >= 0.6 is 0 Å². The van der Waals surface area contributed by atoms with E-state index in [1.807, 2.05) is 119 Å². The molecule has 9 rings (SSSR count). The minimum absolute atomic E-state index is 0.0865. The van der Waals surface area contributed by atoms with Gasteiger partial charge in [0.15, 0.2) is 5.60 Å². The molecule has 6 aromatic rings. The number of hydrogen-bond donors (Lipinski definition) is 3. The summed E-state index contributed by atoms with van der Waals surface area (Å²) < 4.78 is 12.8. The summed E-state index contributed by atoms with van der Waals surface area (Å²) >= 11 is 0. The fourth-order valence-corrected chi connectivity index (χ4v) is 14.5. The van der Waals surface area contributed by atoms with Crippen molar-refractivity contribution >= 4 is 53.3 Å². The highest BCUT2D eigenvalue weighted by Gasteiger charge is 2.66. The lowest BCUT2D eigenvalue weighted by Gasteiger charge is -2.39. The number of fused-ring (bicyclic) bond motifs is 4. The summed E-state index contributed by atoms with van der Waals surface area (Å²) in [5.41, 5.74) is 5.89. The van der Waals surface area contributed by atoms with Crippen LogP contribution in [0.3, 0.4) is 0 Å². The largest absolute Gasteiger partial charge is 0.497 e. The average Bonchev–Trinajstić information content (AvgIpc) is 3.90. The van der Waals surface area contributed by atoms with Crippen LogP contribution in [-0.2, 0) is 50.7 Å². The number of nitrogens with one attached hydrogen (secondary N) is 2. The molecule has 61 heavy (non-hydrogen) atoms. The van der Waals surface area contributed by atoms with Crippen LogP contribution in [0.1, 0.15) is 41.2 Å². The molecule has 0 bridgehead atoms. The van der Waals surface area contributed by atoms with E-state index in [9.17, 15) is 14.7 Å². The SMILES string of the molecule is COc1ccc([Si](C)(C)[C@@H]2[C@@H](CC(=O)N3Cc4ccccc4C[C@H]3CO)O[C@]3(C(=O)N(Cc4ccc(NC(=O)Cc5c[nH]c6ccccc56)cc4)c4ccccc43)[C@H]2C)cc1. The van der Waals surface area contributed by atoms with Crippen LogP contribution in [-0.4, -0.2) is 66.6 Å². The van der Waals surface area contributed by atoms with Gasteiger partial charge in [-0.25, -0.2) is 0 Å². The summed E-state index contributed by atoms with van der Waals surface area (Å²) in [5.74, 6) is 0.145. The Hall–Kier alpha value is -6.01. The van der Waals surface area contributed by atoms with Crippen molar-refractivity contribution in [2.45, 2.75) is 75.7 Å². The first-order chi connectivity index (χ1) is 29.5. The molecule has 11 heteroatoms. The first kappa shape index (κ1) is 40.4. The van der Waals surface area contributed by atoms with Gasteiger partial charge in [-0.05, 0) is 70.6 Å². The van der Waals surface area contributed by atoms with Crippen molar-refractivity contribution in [3.05, 3.63) is 155 Å². The van der Waals surface area contributed by atoms with Gasteiger partial charge in [0.25, 0.3) is 5.91 Å². The van der Waals surface area contributed by atoms with Crippen molar-refractivity contribution in [3.63, 3.8) is 0 Å². The molecule has 3 N–H and O–H groups in total. The Morgan fingerprint density at radius 1 is 0.918 bits per heavy atom. The van der Waals surface area contributed by atoms with E-state index in [-0.39, 0.29) is 54.7 Å². The van der Waals surface area contributed by atoms with E-state index >= 15 is 4.79 Å². The number of amides is 3. The molecule has 0 unspecified atom stereocenters. The number of H-pyrrole nitrogens is 1. The topological polar surface area (TPSA) is 124 Å². The van der Waals surface area contributed by atoms with Crippen LogP contribution in [0.25, 0.3) is 10.9 Å². The highest BCUT2D eigenvalue weighted by molar-refractivity contribution is 6.91. The summed E-state index contributed by atoms with van der Waals surface area (Å²) in [7, 11) is -0.854. The third-order valence-corrected chi connectivity index (χ3v) is 18.0. The first-order valence-corrected chi connectivity index (χ1v) is 24.2. The molecular formula is C50H52N4O6Si. The van der Waals surface area contributed by atoms with Crippen LogP contribution in [0.15, 0.2) is 128 Å². The maximum atomic E-state index is 15.3. The standard InChI is InChI=1S/C50H52N4O6Si/c1-32-48(61(3,4)40-23-21-39(59-2)22-24-40)45(27-47(57)53-30-35-12-6-5-11-34(35)25-38(53)31-55)60-50(32)42-14-8-10-16-44(42)54(49(50)58)29-33-17-19-37(20-18-33)52-46(56)26-36-28-51-43-15-9-7-13-41(36)43/h5-24,28,32,38,45,48,51,55H,25-27,29-31H2,1-4H3,(H,52,56)/t32-,38-,45+,48-,50+/m0/s1. The van der Waals surface area contributed by atoms with Crippen molar-refractivity contribution < 1.29 is 29.0 Å². The summed E-state index contributed by atoms with van der Waals surface area (Å²) in [6, 6.07) is 39.4. The second-order valence-corrected chi connectivity index (χ2v) is 22.1. The molecule has 1 fully saturated rings. The number of aliphatic hydroxyl groups excluding tert-OH is 1. The van der Waals surface area contributed by atoms with Crippen molar-refractivity contribution in [1.82, 2.24) is 9.88 Å². The number of rotatable bonds is 11. The van der Waals surface area contributed by atoms with Gasteiger partial charge in [0.1, 0.15) is 5.75 Å². The Kier molecular flexibility index (Phi) is 10.7. The maximum Gasteiger partial charge on any atom is 0.264 e. The van der Waals surface area contributed by atoms with Crippen LogP contribution < -0.4 is 20.1 Å². The van der Waals surface area contributed by atoms with Gasteiger partial charge >= 0.3 is 0 Å². The van der Waals surface area contributed by atoms with E-state index in [4.69, 9.17) is 9.47 Å². The molecule has 3 aliphatic rings. The minimum atomic E-state index is -2.51. The van der Waals surface area contributed by atoms with E-state index < -0.39 is 19.8 Å². The zero-order valence-electron chi connectivity index (χ0n) is 35.1. The zero-order chi connectivity index (χ0) is 42.5. The van der Waals surface area contributed by atoms with Gasteiger partial charge in [-0.2, -0.15) is 0 Å². The number of methoxy groups -OCH3 is 1. The van der Waals surface area contributed by atoms with Gasteiger partial charge in [0.05, 0.1) is 59.0 Å². The lowest BCUT2D eigenvalue weighted by atomic mass is 9.82. The number of carbonyl (C=O) groups is 3. The number of aromatic amines is 1. The smallest absolute Gasteiger partial charge is 0.264 e. The number of ether oxygens (including phenoxy) is 2. The van der Waals surface area contributed by atoms with E-state index in [0.29, 0.717) is 25.2 Å². The highest BCUT2D eigenvalue weighted by Crippen LogP contribution is 2.60. The number of carbonyl (C=O) groups excluding carboxylic acids is 3. The normalized spacial score (nSPS) is 22.1. The Morgan fingerprint density at radius 3 is 2.38 bits per heavy atom. The van der Waals surface area contributed by atoms with E-state index in [0.717, 1.165) is 50.2 Å². The predicted molar refractivity (Wildman–Crippen MR) is 240 cm³/mol. The molecule has 1 aromatic heterocycles. The Bertz CT molecular complexity index is 2610. The molecule has 312 valence electrons. The minimum Gasteiger partial charge on any atom is -0.497 e. The van der Waals surface area contributed by atoms with Gasteiger partial charge in [0, 0.05) is 40.8 Å². The molecule has 3 amide bonds. The molecular weight excluding hydrogens is 781 g/mol. The van der Waals surface area contributed by atoms with Crippen LogP contribution in [0.4, 0.5) is 11.4 Å². The van der Waals surface area contributed by atoms with E-state index in [2.05, 4.69) is 48.5 Å². The molecule has 3 aliphatic heterocycles. The monoisotopic (exact) mass is 832 g/mol. The molecule has 5 atom stereocenters. The van der Waals surface area contributed by atoms with Crippen molar-refractivity contribution in [2.24, 2.45) is 5.92 Å². The molecule has 0 saturated carbocycles. The van der Waals surface area contributed by atoms with E-state index in [1.165, 1.54) is 5.19 Å². The number of para-hydroxylation sites is 2. The zero-order valence-corrected chi connectivity index (χ0v) is 36.1. The number of aromatic nitrogens is 1. The average molecular weight is 833 g/mol. The van der Waals surface area contributed by atoms with Crippen LogP contribution in [0, 0.1) is 5.92 Å². The number of anilines is 2. The molecule has 4 heterocycles. The third kappa shape index (κ3) is 7.14. The summed E-state index contributed by atoms with van der Waals surface area (Å²) in [6.07, 6.45) is 2.23. The van der Waals surface area contributed by atoms with Gasteiger partial charge in [-0.15, -0.1) is 0 Å². The number of hydrogen-bond acceptors (Lipinski definition) is 6. The van der Waals surface area contributed by atoms with Gasteiger partial charge in [0.2, 0.25) is 11.8 Å². The predicted octanol–water partition coefficient (Wildman–Crippen LogP) is 7.46. The summed E-state index contributed by atoms with van der Waals surface area (Å²) in [4.78, 5) is 49.9. The molecule has 5 aromatic carbocycles. The quantitative estimate of drug-likeness (QED) is 0.117. The number of benzene rings is 5. The molecule has 10 nitrogen and oxygen atoms in total. The van der Waals surface area contributed by atoms with Crippen molar-refractivity contribution in [3.8, 4) is 5.75 Å². The van der Waals surface area contributed by atoms with Crippen molar-refractivity contribution in [2.75, 3.05) is 23.9 Å². The van der Waals surface area contributed by atoms with Gasteiger partial charge in [-0.1, -0.05) is 110 Å². The maximum absolute atomic E-state index is 15.3. The lowest BCUT2D eigenvalue weighted by molar-refractivity contribution is -0.151. The van der Waals surface area contributed by atoms with Gasteiger partial charge < -0.3 is 34.7 Å². The second kappa shape index (κ2) is 16.1. The summed E-state index contributed by atoms with van der Waals surface area (Å²) in [5, 5.41) is 15.8. The fourth-order valence-electron chi connectivity index (χ4n) is 10.5. The highest BCUT2D eigenvalue weighted by atomic mass is 28.3. The molecule has 0 radical (unpaired) electrons. The fraction of sp³-hybridized carbons (Fsp3) is 0.300. The Balaban J connectivity index is 0.998. The second-order valence-electron chi connectivity index (χ2n) is 17.4. The number of nitrogens with zero attached hydrogens (tertiary/aromatic N) is 2. The third-order valence-electron chi connectivity index (χ3n) is 13.6. The number of aliphatic hydroxyl groups is 1. The lowest BCUT2D eigenvalue weighted by Crippen LogP contribution is -2.52. The van der Waals surface area contributed by atoms with Crippen LogP contribution in [0.2, 0.25) is 18.6 Å². The molecule has 1 saturated heterocycles. The molecule has 0 aliphatic carbocycles. The van der Waals surface area contributed by atoms with E-state index in [1.54, 1.807) is 7.11 Å². The summed E-state index contributed by atoms with van der Waals surface area (Å²) in [6.45, 7) is 7.34. The molecule has 1 spiro atoms. The van der Waals surface area contributed by atoms with Crippen molar-refractivity contribution in [1.29, 1.82) is 0 Å². The van der Waals surface area contributed by atoms with Gasteiger partial charge in [-0.3, -0.25) is 14.4 Å². The first-order valence-electron chi connectivity index (χ1n) is 21.2.